The van der Waals surface area contributed by atoms with Crippen LogP contribution in [-0.4, -0.2) is 100 Å². The Balaban J connectivity index is 1.92. The molecule has 0 fully saturated rings. The van der Waals surface area contributed by atoms with Crippen molar-refractivity contribution in [2.75, 3.05) is 39.6 Å². The number of carbonyl (C=O) groups is 3. The maximum absolute atomic E-state index is 14.1. The Kier molecular flexibility index (Phi) is 8.27. The third-order valence-electron chi connectivity index (χ3n) is 9.54. The molecule has 6 N–H and O–H groups in total. The van der Waals surface area contributed by atoms with Crippen molar-refractivity contribution in [1.29, 1.82) is 0 Å². The van der Waals surface area contributed by atoms with Crippen LogP contribution in [0.25, 0.3) is 0 Å². The number of hydrogen-bond acceptors (Lipinski definition) is 10. The van der Waals surface area contributed by atoms with E-state index >= 15 is 0 Å². The van der Waals surface area contributed by atoms with Crippen molar-refractivity contribution < 1.29 is 34.8 Å². The maximum Gasteiger partial charge on any atom is 0.255 e. The van der Waals surface area contributed by atoms with Crippen molar-refractivity contribution in [3.05, 3.63) is 45.4 Å². The summed E-state index contributed by atoms with van der Waals surface area (Å²) in [5.41, 5.74) is 4.07. The van der Waals surface area contributed by atoms with Crippen LogP contribution < -0.4 is 10.6 Å². The summed E-state index contributed by atoms with van der Waals surface area (Å²) in [6.07, 6.45) is 0.296. The van der Waals surface area contributed by atoms with E-state index in [4.69, 9.17) is 5.73 Å². The Hall–Kier alpha value is -3.41. The smallest absolute Gasteiger partial charge is 0.255 e. The molecule has 0 bridgehead atoms. The largest absolute Gasteiger partial charge is 0.510 e. The van der Waals surface area contributed by atoms with E-state index in [2.05, 4.69) is 32.6 Å². The van der Waals surface area contributed by atoms with E-state index in [1.54, 1.807) is 25.1 Å². The summed E-state index contributed by atoms with van der Waals surface area (Å²) in [6.45, 7) is 9.89. The second-order valence-electron chi connectivity index (χ2n) is 12.7. The number of aliphatic hydroxyl groups is 3. The molecule has 0 saturated heterocycles. The van der Waals surface area contributed by atoms with Crippen molar-refractivity contribution in [3.63, 3.8) is 0 Å². The number of likely N-dealkylation sites (N-methyl/N-ethyl adjacent to an activating group) is 1. The number of hydrogen-bond donors (Lipinski definition) is 5. The van der Waals surface area contributed by atoms with Crippen molar-refractivity contribution in [2.45, 2.75) is 64.8 Å². The molecule has 11 nitrogen and oxygen atoms in total. The van der Waals surface area contributed by atoms with Gasteiger partial charge < -0.3 is 31.1 Å². The summed E-state index contributed by atoms with van der Waals surface area (Å²) in [5, 5.41) is 45.5. The van der Waals surface area contributed by atoms with Crippen LogP contribution in [0.5, 0.6) is 5.75 Å². The first-order valence-electron chi connectivity index (χ1n) is 14.4. The number of aromatic hydroxyl groups is 1. The average molecular weight is 585 g/mol. The minimum Gasteiger partial charge on any atom is -0.510 e. The topological polar surface area (TPSA) is 168 Å². The molecule has 3 aliphatic carbocycles. The lowest BCUT2D eigenvalue weighted by Crippen LogP contribution is -2.63. The van der Waals surface area contributed by atoms with Crippen molar-refractivity contribution in [3.8, 4) is 5.75 Å². The van der Waals surface area contributed by atoms with Crippen LogP contribution in [0.4, 0.5) is 5.69 Å². The van der Waals surface area contributed by atoms with Crippen LogP contribution in [0.1, 0.15) is 55.6 Å². The highest BCUT2D eigenvalue weighted by atomic mass is 16.3. The number of nitrogens with two attached hydrogens (primary N) is 1. The molecule has 5 atom stereocenters. The molecule has 230 valence electrons. The number of nitrogens with zero attached hydrogens (tertiary/aromatic N) is 3. The second kappa shape index (κ2) is 11.0. The Morgan fingerprint density at radius 2 is 1.74 bits per heavy atom. The number of rotatable bonds is 8. The van der Waals surface area contributed by atoms with Gasteiger partial charge in [-0.25, -0.2) is 0 Å². The highest BCUT2D eigenvalue weighted by Gasteiger charge is 2.63. The number of primary amides is 1. The van der Waals surface area contributed by atoms with Crippen LogP contribution >= 0.6 is 0 Å². The van der Waals surface area contributed by atoms with Crippen molar-refractivity contribution in [1.82, 2.24) is 9.80 Å². The van der Waals surface area contributed by atoms with Crippen molar-refractivity contribution >= 4 is 23.2 Å². The monoisotopic (exact) mass is 584 g/mol. The summed E-state index contributed by atoms with van der Waals surface area (Å²) in [6, 6.07) is 0.823. The minimum absolute atomic E-state index is 0.0168. The average Bonchev–Trinajstić information content (AvgIpc) is 2.88. The van der Waals surface area contributed by atoms with E-state index in [-0.39, 0.29) is 35.8 Å². The predicted octanol–water partition coefficient (Wildman–Crippen LogP) is 2.05. The molecule has 0 unspecified atom stereocenters. The van der Waals surface area contributed by atoms with Crippen LogP contribution in [0, 0.1) is 17.8 Å². The fourth-order valence-corrected chi connectivity index (χ4v) is 7.24. The number of allylic oxidation sites excluding steroid dienone is 1. The first kappa shape index (κ1) is 31.5. The lowest BCUT2D eigenvalue weighted by atomic mass is 9.58. The van der Waals surface area contributed by atoms with Crippen LogP contribution in [0.15, 0.2) is 28.7 Å². The third-order valence-corrected chi connectivity index (χ3v) is 9.54. The molecule has 0 saturated carbocycles. The van der Waals surface area contributed by atoms with Gasteiger partial charge in [0.15, 0.2) is 11.4 Å². The normalized spacial score (nSPS) is 26.5. The number of amides is 1. The number of phenols is 1. The molecule has 1 aromatic carbocycles. The second-order valence-corrected chi connectivity index (χ2v) is 12.7. The van der Waals surface area contributed by atoms with Crippen LogP contribution in [-0.2, 0) is 22.6 Å². The first-order valence-corrected chi connectivity index (χ1v) is 14.4. The molecule has 42 heavy (non-hydrogen) atoms. The van der Waals surface area contributed by atoms with E-state index in [0.29, 0.717) is 18.0 Å². The predicted molar refractivity (Wildman–Crippen MR) is 158 cm³/mol. The fraction of sp³-hybridized carbons (Fsp3) is 0.581. The fourth-order valence-electron chi connectivity index (χ4n) is 7.24. The maximum atomic E-state index is 14.1. The van der Waals surface area contributed by atoms with Crippen LogP contribution in [0.2, 0.25) is 0 Å². The molecule has 0 heterocycles. The molecule has 1 aromatic rings. The van der Waals surface area contributed by atoms with Crippen LogP contribution in [0.3, 0.4) is 0 Å². The lowest BCUT2D eigenvalue weighted by Gasteiger charge is -2.50. The van der Waals surface area contributed by atoms with E-state index in [1.807, 2.05) is 19.0 Å². The van der Waals surface area contributed by atoms with Gasteiger partial charge in [-0.1, -0.05) is 20.8 Å². The minimum atomic E-state index is -2.65. The summed E-state index contributed by atoms with van der Waals surface area (Å²) in [4.78, 5) is 45.5. The molecule has 0 aromatic heterocycles. The standard InChI is InChI=1S/C31H44N4O7/c1-9-35(15(4)14(2)3)13-17-12-20(36)22-18(24(17)33(5)6)10-16-11-19-25(34(7)8)27(38)23(30(32)41)29(40)31(19,42)28(39)21(16)26(22)37/h12,14-16,19,25,36,38-39,42H,9-11,13H2,1-8H3,(H2,32,41)/t15-,16-,19-,25-,31-/m0/s1. The molecule has 0 aliphatic heterocycles. The number of ketones is 2. The quantitative estimate of drug-likeness (QED) is 0.285. The Labute approximate surface area is 246 Å². The molecule has 3 aliphatic rings. The number of aliphatic hydroxyl groups excluding tert-OH is 2. The number of Topliss-reactive ketones (excluding diaryl/α,β-unsaturated/α-hetero) is 2. The molecule has 0 spiro atoms. The van der Waals surface area contributed by atoms with Gasteiger partial charge in [0, 0.05) is 43.9 Å². The number of carbonyl (C=O) groups excluding carboxylic acids is 3. The van der Waals surface area contributed by atoms with E-state index < -0.39 is 58.0 Å². The molecule has 11 heteroatoms. The highest BCUT2D eigenvalue weighted by molar-refractivity contribution is 6.24. The van der Waals surface area contributed by atoms with E-state index in [1.165, 1.54) is 0 Å². The summed E-state index contributed by atoms with van der Waals surface area (Å²) in [7, 11) is 6.97. The van der Waals surface area contributed by atoms with Crippen molar-refractivity contribution in [2.24, 2.45) is 23.5 Å². The number of phenolic OH excluding ortho intramolecular Hbond substituents is 1. The molecule has 4 rings (SSSR count). The zero-order chi connectivity index (χ0) is 31.6. The van der Waals surface area contributed by atoms with Gasteiger partial charge in [-0.15, -0.1) is 0 Å². The molecule has 1 amide bonds. The number of benzene rings is 1. The van der Waals surface area contributed by atoms with Gasteiger partial charge in [-0.2, -0.15) is 0 Å². The zero-order valence-electron chi connectivity index (χ0n) is 25.7. The number of fused-ring (bicyclic) bond motifs is 3. The summed E-state index contributed by atoms with van der Waals surface area (Å²) < 4.78 is 0. The van der Waals surface area contributed by atoms with Gasteiger partial charge in [0.25, 0.3) is 5.91 Å². The Morgan fingerprint density at radius 1 is 1.12 bits per heavy atom. The van der Waals surface area contributed by atoms with Gasteiger partial charge >= 0.3 is 0 Å². The van der Waals surface area contributed by atoms with E-state index in [9.17, 15) is 34.8 Å². The molecular formula is C31H44N4O7. The summed E-state index contributed by atoms with van der Waals surface area (Å²) >= 11 is 0. The molecule has 0 radical (unpaired) electrons. The Morgan fingerprint density at radius 3 is 2.24 bits per heavy atom. The number of anilines is 1. The highest BCUT2D eigenvalue weighted by Crippen LogP contribution is 2.53. The third kappa shape index (κ3) is 4.58. The van der Waals surface area contributed by atoms with Gasteiger partial charge in [0.1, 0.15) is 22.8 Å². The van der Waals surface area contributed by atoms with Gasteiger partial charge in [0.05, 0.1) is 11.6 Å². The van der Waals surface area contributed by atoms with Gasteiger partial charge in [-0.3, -0.25) is 24.2 Å². The van der Waals surface area contributed by atoms with Gasteiger partial charge in [-0.05, 0) is 69.4 Å². The van der Waals surface area contributed by atoms with E-state index in [0.717, 1.165) is 17.8 Å². The lowest BCUT2D eigenvalue weighted by molar-refractivity contribution is -0.148. The first-order chi connectivity index (χ1) is 19.5. The SMILES string of the molecule is CCN(Cc1cc(O)c2c(c1N(C)C)C[C@H]1C[C@H]3[C@H](N(C)C)C(O)=C(C(N)=O)C(=O)[C@@]3(O)C(O)=C1C2=O)[C@@H](C)C(C)C. The molecular weight excluding hydrogens is 540 g/mol. The van der Waals surface area contributed by atoms with Gasteiger partial charge in [0.2, 0.25) is 5.78 Å². The summed E-state index contributed by atoms with van der Waals surface area (Å²) in [5.74, 6) is -6.15. The Bertz CT molecular complexity index is 1400. The zero-order valence-corrected chi connectivity index (χ0v) is 25.7.